The van der Waals surface area contributed by atoms with Crippen molar-refractivity contribution in [2.45, 2.75) is 37.0 Å². The predicted molar refractivity (Wildman–Crippen MR) is 89.9 cm³/mol. The fraction of sp³-hybridized carbons (Fsp3) is 0.333. The van der Waals surface area contributed by atoms with E-state index in [9.17, 15) is 4.21 Å². The molecule has 0 aliphatic heterocycles. The van der Waals surface area contributed by atoms with Crippen molar-refractivity contribution in [2.24, 2.45) is 0 Å². The number of hydrogen-bond acceptors (Lipinski definition) is 2. The van der Waals surface area contributed by atoms with Crippen LogP contribution in [0.4, 0.5) is 0 Å². The molecule has 0 aliphatic rings. The summed E-state index contributed by atoms with van der Waals surface area (Å²) in [5.41, 5.74) is 2.28. The summed E-state index contributed by atoms with van der Waals surface area (Å²) in [5.74, 6) is 0. The smallest absolute Gasteiger partial charge is 0.0580 e. The maximum Gasteiger partial charge on any atom is 0.0580 e. The fourth-order valence-electron chi connectivity index (χ4n) is 2.54. The van der Waals surface area contributed by atoms with Gasteiger partial charge in [0.05, 0.1) is 16.0 Å². The molecule has 0 heterocycles. The standard InChI is InChI=1S/C18H23NOS/c1-4-19-18(16-11-6-5-7-12-16)15(3)21(20)17-13-9-8-10-14(17)2/h5-13,15,18-19H,4H2,1-3H3. The average molecular weight is 301 g/mol. The van der Waals surface area contributed by atoms with Gasteiger partial charge in [-0.25, -0.2) is 0 Å². The average Bonchev–Trinajstić information content (AvgIpc) is 2.52. The number of nitrogens with one attached hydrogen (secondary N) is 1. The summed E-state index contributed by atoms with van der Waals surface area (Å²) in [5, 5.41) is 3.48. The normalized spacial score (nSPS) is 15.4. The van der Waals surface area contributed by atoms with E-state index in [1.54, 1.807) is 0 Å². The molecule has 3 heteroatoms. The first-order valence-corrected chi connectivity index (χ1v) is 8.61. The van der Waals surface area contributed by atoms with Crippen molar-refractivity contribution >= 4 is 10.8 Å². The molecule has 2 aromatic rings. The molecule has 0 saturated carbocycles. The molecule has 2 nitrogen and oxygen atoms in total. The van der Waals surface area contributed by atoms with Gasteiger partial charge < -0.3 is 5.32 Å². The van der Waals surface area contributed by atoms with Gasteiger partial charge in [0.25, 0.3) is 0 Å². The zero-order chi connectivity index (χ0) is 15.2. The lowest BCUT2D eigenvalue weighted by Crippen LogP contribution is -2.33. The first-order chi connectivity index (χ1) is 10.1. The summed E-state index contributed by atoms with van der Waals surface area (Å²) >= 11 is 0. The Morgan fingerprint density at radius 1 is 1.05 bits per heavy atom. The Morgan fingerprint density at radius 3 is 2.29 bits per heavy atom. The van der Waals surface area contributed by atoms with Gasteiger partial charge in [0.15, 0.2) is 0 Å². The molecule has 3 atom stereocenters. The van der Waals surface area contributed by atoms with E-state index < -0.39 is 10.8 Å². The lowest BCUT2D eigenvalue weighted by Gasteiger charge is -2.25. The maximum absolute atomic E-state index is 12.9. The van der Waals surface area contributed by atoms with Crippen molar-refractivity contribution in [3.05, 3.63) is 65.7 Å². The molecule has 1 N–H and O–H groups in total. The molecule has 0 amide bonds. The SMILES string of the molecule is CCNC(c1ccccc1)C(C)S(=O)c1ccccc1C. The number of hydrogen-bond donors (Lipinski definition) is 1. The van der Waals surface area contributed by atoms with Gasteiger partial charge in [-0.2, -0.15) is 0 Å². The lowest BCUT2D eigenvalue weighted by molar-refractivity contribution is 0.535. The van der Waals surface area contributed by atoms with Gasteiger partial charge in [0, 0.05) is 10.9 Å². The molecule has 2 rings (SSSR count). The summed E-state index contributed by atoms with van der Waals surface area (Å²) in [6.07, 6.45) is 0. The molecule has 0 aromatic heterocycles. The van der Waals surface area contributed by atoms with Gasteiger partial charge in [-0.05, 0) is 37.6 Å². The Bertz CT molecular complexity index is 597. The third-order valence-electron chi connectivity index (χ3n) is 3.70. The van der Waals surface area contributed by atoms with E-state index in [0.29, 0.717) is 0 Å². The van der Waals surface area contributed by atoms with Gasteiger partial charge in [-0.1, -0.05) is 55.5 Å². The highest BCUT2D eigenvalue weighted by molar-refractivity contribution is 7.85. The van der Waals surface area contributed by atoms with Crippen LogP contribution in [0.15, 0.2) is 59.5 Å². The quantitative estimate of drug-likeness (QED) is 0.878. The van der Waals surface area contributed by atoms with Crippen LogP contribution in [0.25, 0.3) is 0 Å². The minimum atomic E-state index is -1.03. The second-order valence-electron chi connectivity index (χ2n) is 5.21. The zero-order valence-corrected chi connectivity index (χ0v) is 13.7. The molecule has 21 heavy (non-hydrogen) atoms. The molecule has 0 saturated heterocycles. The summed E-state index contributed by atoms with van der Waals surface area (Å²) in [4.78, 5) is 0.934. The lowest BCUT2D eigenvalue weighted by atomic mass is 10.0. The van der Waals surface area contributed by atoms with Crippen LogP contribution in [0.5, 0.6) is 0 Å². The van der Waals surface area contributed by atoms with Gasteiger partial charge in [-0.3, -0.25) is 4.21 Å². The third-order valence-corrected chi connectivity index (χ3v) is 5.54. The van der Waals surface area contributed by atoms with E-state index >= 15 is 0 Å². The Labute approximate surface area is 130 Å². The highest BCUT2D eigenvalue weighted by Crippen LogP contribution is 2.25. The third kappa shape index (κ3) is 3.80. The van der Waals surface area contributed by atoms with Crippen LogP contribution in [-0.2, 0) is 10.8 Å². The van der Waals surface area contributed by atoms with Gasteiger partial charge in [-0.15, -0.1) is 0 Å². The highest BCUT2D eigenvalue weighted by Gasteiger charge is 2.25. The van der Waals surface area contributed by atoms with Crippen LogP contribution < -0.4 is 5.32 Å². The Hall–Kier alpha value is -1.45. The first kappa shape index (κ1) is 15.9. The molecular weight excluding hydrogens is 278 g/mol. The van der Waals surface area contributed by atoms with Crippen LogP contribution in [0, 0.1) is 6.92 Å². The Morgan fingerprint density at radius 2 is 1.67 bits per heavy atom. The number of rotatable bonds is 6. The van der Waals surface area contributed by atoms with E-state index in [0.717, 1.165) is 17.0 Å². The summed E-state index contributed by atoms with van der Waals surface area (Å²) in [6.45, 7) is 7.02. The van der Waals surface area contributed by atoms with Gasteiger partial charge in [0.2, 0.25) is 0 Å². The van der Waals surface area contributed by atoms with Gasteiger partial charge in [0.1, 0.15) is 0 Å². The molecule has 2 aromatic carbocycles. The van der Waals surface area contributed by atoms with Crippen molar-refractivity contribution in [2.75, 3.05) is 6.54 Å². The van der Waals surface area contributed by atoms with Crippen molar-refractivity contribution in [1.29, 1.82) is 0 Å². The van der Waals surface area contributed by atoms with Gasteiger partial charge >= 0.3 is 0 Å². The van der Waals surface area contributed by atoms with E-state index in [1.807, 2.05) is 49.4 Å². The van der Waals surface area contributed by atoms with Crippen molar-refractivity contribution < 1.29 is 4.21 Å². The second kappa shape index (κ2) is 7.53. The molecule has 0 fully saturated rings. The largest absolute Gasteiger partial charge is 0.309 e. The Balaban J connectivity index is 2.29. The predicted octanol–water partition coefficient (Wildman–Crippen LogP) is 3.84. The zero-order valence-electron chi connectivity index (χ0n) is 12.9. The van der Waals surface area contributed by atoms with Crippen molar-refractivity contribution in [3.63, 3.8) is 0 Å². The van der Waals surface area contributed by atoms with Crippen molar-refractivity contribution in [1.82, 2.24) is 5.32 Å². The van der Waals surface area contributed by atoms with Crippen LogP contribution in [0.2, 0.25) is 0 Å². The topological polar surface area (TPSA) is 29.1 Å². The fourth-order valence-corrected chi connectivity index (χ4v) is 4.04. The molecule has 0 bridgehead atoms. The second-order valence-corrected chi connectivity index (χ2v) is 6.99. The minimum Gasteiger partial charge on any atom is -0.309 e. The number of aryl methyl sites for hydroxylation is 1. The molecular formula is C18H23NOS. The summed E-state index contributed by atoms with van der Waals surface area (Å²) < 4.78 is 12.9. The molecule has 0 spiro atoms. The van der Waals surface area contributed by atoms with E-state index in [2.05, 4.69) is 31.3 Å². The molecule has 0 radical (unpaired) electrons. The monoisotopic (exact) mass is 301 g/mol. The van der Waals surface area contributed by atoms with Crippen LogP contribution in [0.3, 0.4) is 0 Å². The van der Waals surface area contributed by atoms with Crippen LogP contribution in [-0.4, -0.2) is 16.0 Å². The Kier molecular flexibility index (Phi) is 5.71. The first-order valence-electron chi connectivity index (χ1n) is 7.39. The van der Waals surface area contributed by atoms with Crippen LogP contribution in [0.1, 0.15) is 31.0 Å². The molecule has 112 valence electrons. The van der Waals surface area contributed by atoms with Crippen molar-refractivity contribution in [3.8, 4) is 0 Å². The molecule has 3 unspecified atom stereocenters. The van der Waals surface area contributed by atoms with Crippen LogP contribution >= 0.6 is 0 Å². The molecule has 0 aliphatic carbocycles. The summed E-state index contributed by atoms with van der Waals surface area (Å²) in [6, 6.07) is 18.3. The minimum absolute atomic E-state index is 0.00782. The number of benzene rings is 2. The highest BCUT2D eigenvalue weighted by atomic mass is 32.2. The summed E-state index contributed by atoms with van der Waals surface area (Å²) in [7, 11) is -1.03. The van der Waals surface area contributed by atoms with E-state index in [4.69, 9.17) is 0 Å². The van der Waals surface area contributed by atoms with E-state index in [-0.39, 0.29) is 11.3 Å². The maximum atomic E-state index is 12.9. The van der Waals surface area contributed by atoms with E-state index in [1.165, 1.54) is 5.56 Å².